The number of carboxylic acids is 1. The highest BCUT2D eigenvalue weighted by Gasteiger charge is 2.24. The van der Waals surface area contributed by atoms with Crippen LogP contribution in [0.25, 0.3) is 0 Å². The number of nitrogens with one attached hydrogen (secondary N) is 1. The number of piperidine rings is 1. The van der Waals surface area contributed by atoms with Gasteiger partial charge in [0, 0.05) is 19.0 Å². The first-order valence-corrected chi connectivity index (χ1v) is 6.73. The van der Waals surface area contributed by atoms with Crippen LogP contribution in [0.5, 0.6) is 0 Å². The van der Waals surface area contributed by atoms with Gasteiger partial charge >= 0.3 is 5.97 Å². The van der Waals surface area contributed by atoms with Gasteiger partial charge in [-0.25, -0.2) is 0 Å². The van der Waals surface area contributed by atoms with Crippen LogP contribution < -0.4 is 5.32 Å². The molecule has 0 saturated carbocycles. The average molecular weight is 281 g/mol. The lowest BCUT2D eigenvalue weighted by Gasteiger charge is -2.29. The number of anilines is 1. The van der Waals surface area contributed by atoms with Crippen LogP contribution in [0.15, 0.2) is 10.6 Å². The number of aryl methyl sites for hydroxylation is 1. The van der Waals surface area contributed by atoms with Gasteiger partial charge in [0.15, 0.2) is 5.82 Å². The van der Waals surface area contributed by atoms with Gasteiger partial charge in [-0.3, -0.25) is 9.59 Å². The van der Waals surface area contributed by atoms with E-state index >= 15 is 0 Å². The van der Waals surface area contributed by atoms with E-state index in [9.17, 15) is 9.59 Å². The molecule has 2 rings (SSSR count). The van der Waals surface area contributed by atoms with Crippen molar-refractivity contribution in [2.75, 3.05) is 25.0 Å². The van der Waals surface area contributed by atoms with E-state index in [4.69, 9.17) is 9.63 Å². The largest absolute Gasteiger partial charge is 0.481 e. The quantitative estimate of drug-likeness (QED) is 0.839. The Bertz CT molecular complexity index is 478. The molecule has 0 bridgehead atoms. The molecule has 0 spiro atoms. The van der Waals surface area contributed by atoms with E-state index < -0.39 is 5.97 Å². The van der Waals surface area contributed by atoms with E-state index in [2.05, 4.69) is 15.4 Å². The standard InChI is InChI=1S/C13H19N3O4/c1-9-8-11(15-20-9)14-12(17)4-7-16-5-2-10(3-6-16)13(18)19/h8,10H,2-7H2,1H3,(H,18,19)(H,14,15,17). The summed E-state index contributed by atoms with van der Waals surface area (Å²) in [5.74, 6) is 0.00811. The lowest BCUT2D eigenvalue weighted by atomic mass is 9.97. The topological polar surface area (TPSA) is 95.7 Å². The van der Waals surface area contributed by atoms with Crippen LogP contribution in [0.2, 0.25) is 0 Å². The Balaban J connectivity index is 1.68. The number of aliphatic carboxylic acids is 1. The fourth-order valence-corrected chi connectivity index (χ4v) is 2.29. The maximum Gasteiger partial charge on any atom is 0.306 e. The van der Waals surface area contributed by atoms with Crippen LogP contribution in [-0.4, -0.2) is 46.7 Å². The minimum atomic E-state index is -0.719. The summed E-state index contributed by atoms with van der Waals surface area (Å²) in [6.07, 6.45) is 1.67. The van der Waals surface area contributed by atoms with E-state index in [0.717, 1.165) is 13.1 Å². The second kappa shape index (κ2) is 6.51. The molecular formula is C13H19N3O4. The normalized spacial score (nSPS) is 17.1. The van der Waals surface area contributed by atoms with Gasteiger partial charge in [0.2, 0.25) is 5.91 Å². The third kappa shape index (κ3) is 4.06. The molecule has 0 aromatic carbocycles. The van der Waals surface area contributed by atoms with Crippen molar-refractivity contribution in [1.29, 1.82) is 0 Å². The first-order valence-electron chi connectivity index (χ1n) is 6.73. The number of likely N-dealkylation sites (tertiary alicyclic amines) is 1. The molecule has 0 atom stereocenters. The molecule has 1 aliphatic heterocycles. The number of nitrogens with zero attached hydrogens (tertiary/aromatic N) is 2. The zero-order valence-corrected chi connectivity index (χ0v) is 11.5. The zero-order valence-electron chi connectivity index (χ0n) is 11.5. The molecule has 20 heavy (non-hydrogen) atoms. The third-order valence-electron chi connectivity index (χ3n) is 3.49. The summed E-state index contributed by atoms with van der Waals surface area (Å²) < 4.78 is 4.86. The smallest absolute Gasteiger partial charge is 0.306 e. The monoisotopic (exact) mass is 281 g/mol. The molecule has 2 N–H and O–H groups in total. The average Bonchev–Trinajstić information content (AvgIpc) is 2.82. The molecule has 0 aliphatic carbocycles. The van der Waals surface area contributed by atoms with Gasteiger partial charge in [0.25, 0.3) is 0 Å². The Morgan fingerprint density at radius 1 is 1.50 bits per heavy atom. The van der Waals surface area contributed by atoms with Crippen LogP contribution in [0.4, 0.5) is 5.82 Å². The van der Waals surface area contributed by atoms with Crippen molar-refractivity contribution in [1.82, 2.24) is 10.1 Å². The Labute approximate surface area is 116 Å². The number of rotatable bonds is 5. The van der Waals surface area contributed by atoms with Gasteiger partial charge in [-0.15, -0.1) is 0 Å². The summed E-state index contributed by atoms with van der Waals surface area (Å²) in [4.78, 5) is 24.7. The molecule has 1 aromatic heterocycles. The number of aromatic nitrogens is 1. The number of carbonyl (C=O) groups is 2. The highest BCUT2D eigenvalue weighted by atomic mass is 16.5. The Morgan fingerprint density at radius 2 is 2.20 bits per heavy atom. The first kappa shape index (κ1) is 14.5. The number of hydrogen-bond acceptors (Lipinski definition) is 5. The summed E-state index contributed by atoms with van der Waals surface area (Å²) in [5.41, 5.74) is 0. The van der Waals surface area contributed by atoms with Gasteiger partial charge in [0.05, 0.1) is 5.92 Å². The third-order valence-corrected chi connectivity index (χ3v) is 3.49. The van der Waals surface area contributed by atoms with Crippen molar-refractivity contribution in [3.05, 3.63) is 11.8 Å². The second-order valence-electron chi connectivity index (χ2n) is 5.08. The minimum absolute atomic E-state index is 0.112. The fourth-order valence-electron chi connectivity index (χ4n) is 2.29. The lowest BCUT2D eigenvalue weighted by Crippen LogP contribution is -2.37. The number of hydrogen-bond donors (Lipinski definition) is 2. The van der Waals surface area contributed by atoms with E-state index in [1.807, 2.05) is 0 Å². The van der Waals surface area contributed by atoms with Crippen molar-refractivity contribution >= 4 is 17.7 Å². The van der Waals surface area contributed by atoms with E-state index in [1.165, 1.54) is 0 Å². The molecule has 1 saturated heterocycles. The molecule has 1 aliphatic rings. The second-order valence-corrected chi connectivity index (χ2v) is 5.08. The van der Waals surface area contributed by atoms with Crippen molar-refractivity contribution in [3.63, 3.8) is 0 Å². The van der Waals surface area contributed by atoms with Crippen LogP contribution in [-0.2, 0) is 9.59 Å². The maximum atomic E-state index is 11.7. The first-order chi connectivity index (χ1) is 9.54. The van der Waals surface area contributed by atoms with Crippen LogP contribution >= 0.6 is 0 Å². The molecule has 1 amide bonds. The van der Waals surface area contributed by atoms with Crippen LogP contribution in [0, 0.1) is 12.8 Å². The van der Waals surface area contributed by atoms with E-state index in [-0.39, 0.29) is 11.8 Å². The summed E-state index contributed by atoms with van der Waals surface area (Å²) >= 11 is 0. The molecule has 1 aromatic rings. The Morgan fingerprint density at radius 3 is 2.75 bits per heavy atom. The minimum Gasteiger partial charge on any atom is -0.481 e. The number of amides is 1. The van der Waals surface area contributed by atoms with Gasteiger partial charge in [0.1, 0.15) is 5.76 Å². The van der Waals surface area contributed by atoms with Crippen molar-refractivity contribution in [2.24, 2.45) is 5.92 Å². The summed E-state index contributed by atoms with van der Waals surface area (Å²) in [6.45, 7) is 3.85. The molecule has 0 unspecified atom stereocenters. The number of carboxylic acid groups (broad SMARTS) is 1. The molecule has 2 heterocycles. The van der Waals surface area contributed by atoms with Crippen LogP contribution in [0.1, 0.15) is 25.0 Å². The predicted octanol–water partition coefficient (Wildman–Crippen LogP) is 1.11. The fraction of sp³-hybridized carbons (Fsp3) is 0.615. The zero-order chi connectivity index (χ0) is 14.5. The summed E-state index contributed by atoms with van der Waals surface area (Å²) in [6, 6.07) is 1.66. The summed E-state index contributed by atoms with van der Waals surface area (Å²) in [5, 5.41) is 15.3. The molecule has 0 radical (unpaired) electrons. The van der Waals surface area contributed by atoms with Crippen molar-refractivity contribution in [2.45, 2.75) is 26.2 Å². The van der Waals surface area contributed by atoms with E-state index in [1.54, 1.807) is 13.0 Å². The predicted molar refractivity (Wildman–Crippen MR) is 71.3 cm³/mol. The van der Waals surface area contributed by atoms with E-state index in [0.29, 0.717) is 37.4 Å². The van der Waals surface area contributed by atoms with Gasteiger partial charge in [-0.2, -0.15) is 0 Å². The summed E-state index contributed by atoms with van der Waals surface area (Å²) in [7, 11) is 0. The van der Waals surface area contributed by atoms with Gasteiger partial charge in [-0.1, -0.05) is 5.16 Å². The van der Waals surface area contributed by atoms with Crippen LogP contribution in [0.3, 0.4) is 0 Å². The molecular weight excluding hydrogens is 262 g/mol. The molecule has 7 nitrogen and oxygen atoms in total. The maximum absolute atomic E-state index is 11.7. The van der Waals surface area contributed by atoms with Crippen molar-refractivity contribution < 1.29 is 19.2 Å². The van der Waals surface area contributed by atoms with Gasteiger partial charge < -0.3 is 19.8 Å². The molecule has 7 heteroatoms. The lowest BCUT2D eigenvalue weighted by molar-refractivity contribution is -0.143. The Hall–Kier alpha value is -1.89. The molecule has 110 valence electrons. The molecule has 1 fully saturated rings. The van der Waals surface area contributed by atoms with Crippen molar-refractivity contribution in [3.8, 4) is 0 Å². The number of carbonyl (C=O) groups excluding carboxylic acids is 1. The highest BCUT2D eigenvalue weighted by molar-refractivity contribution is 5.89. The SMILES string of the molecule is Cc1cc(NC(=O)CCN2CCC(C(=O)O)CC2)no1. The van der Waals surface area contributed by atoms with Gasteiger partial charge in [-0.05, 0) is 32.9 Å². The Kier molecular flexibility index (Phi) is 4.73. The highest BCUT2D eigenvalue weighted by Crippen LogP contribution is 2.17.